The Labute approximate surface area is 216 Å². The minimum Gasteiger partial charge on any atom is -0.376 e. The van der Waals surface area contributed by atoms with Crippen molar-refractivity contribution >= 4 is 34.3 Å². The van der Waals surface area contributed by atoms with Crippen LogP contribution in [0.5, 0.6) is 0 Å². The second-order valence-electron chi connectivity index (χ2n) is 9.96. The third kappa shape index (κ3) is 5.57. The SMILES string of the molecule is Cc1c(C(=O)NC[C@H]2CCCCO2)ccc2nn(CC3CCN(C(=O)c4ccc(Cl)cc4)CC3)cc12. The zero-order chi connectivity index (χ0) is 25.1. The molecule has 2 aromatic carbocycles. The van der Waals surface area contributed by atoms with Crippen LogP contribution in [0.2, 0.25) is 5.02 Å². The van der Waals surface area contributed by atoms with Gasteiger partial charge in [-0.25, -0.2) is 0 Å². The minimum absolute atomic E-state index is 0.0611. The molecule has 190 valence electrons. The van der Waals surface area contributed by atoms with Crippen molar-refractivity contribution in [1.29, 1.82) is 0 Å². The van der Waals surface area contributed by atoms with Crippen LogP contribution in [0.3, 0.4) is 0 Å². The highest BCUT2D eigenvalue weighted by Crippen LogP contribution is 2.25. The van der Waals surface area contributed by atoms with Crippen molar-refractivity contribution in [3.63, 3.8) is 0 Å². The fourth-order valence-corrected chi connectivity index (χ4v) is 5.37. The highest BCUT2D eigenvalue weighted by Gasteiger charge is 2.24. The van der Waals surface area contributed by atoms with Crippen LogP contribution in [0.1, 0.15) is 58.4 Å². The number of fused-ring (bicyclic) bond motifs is 1. The van der Waals surface area contributed by atoms with E-state index >= 15 is 0 Å². The molecule has 0 saturated carbocycles. The molecule has 0 radical (unpaired) electrons. The van der Waals surface area contributed by atoms with E-state index in [0.717, 1.165) is 74.8 Å². The number of carbonyl (C=O) groups excluding carboxylic acids is 2. The van der Waals surface area contributed by atoms with Gasteiger partial charge in [-0.05, 0) is 86.9 Å². The number of benzene rings is 2. The first-order valence-electron chi connectivity index (χ1n) is 12.9. The van der Waals surface area contributed by atoms with Gasteiger partial charge in [-0.2, -0.15) is 5.10 Å². The lowest BCUT2D eigenvalue weighted by molar-refractivity contribution is 0.0169. The van der Waals surface area contributed by atoms with Crippen LogP contribution in [-0.4, -0.2) is 58.8 Å². The van der Waals surface area contributed by atoms with Crippen molar-refractivity contribution in [3.05, 3.63) is 64.3 Å². The Morgan fingerprint density at radius 3 is 2.58 bits per heavy atom. The molecule has 0 spiro atoms. The molecule has 7 nitrogen and oxygen atoms in total. The molecule has 1 atom stereocenters. The van der Waals surface area contributed by atoms with Gasteiger partial charge in [-0.15, -0.1) is 0 Å². The number of nitrogens with zero attached hydrogens (tertiary/aromatic N) is 3. The number of amides is 2. The zero-order valence-electron chi connectivity index (χ0n) is 20.7. The topological polar surface area (TPSA) is 76.5 Å². The van der Waals surface area contributed by atoms with Gasteiger partial charge in [0.25, 0.3) is 11.8 Å². The van der Waals surface area contributed by atoms with Crippen LogP contribution in [0.4, 0.5) is 0 Å². The third-order valence-corrected chi connectivity index (χ3v) is 7.71. The molecule has 2 aliphatic heterocycles. The molecule has 0 aliphatic carbocycles. The molecule has 1 aromatic heterocycles. The average molecular weight is 509 g/mol. The molecule has 2 aliphatic rings. The van der Waals surface area contributed by atoms with E-state index in [0.29, 0.717) is 28.6 Å². The van der Waals surface area contributed by atoms with Gasteiger partial charge in [-0.3, -0.25) is 14.3 Å². The Balaban J connectivity index is 1.18. The van der Waals surface area contributed by atoms with Gasteiger partial charge in [0.15, 0.2) is 0 Å². The first-order chi connectivity index (χ1) is 17.5. The fraction of sp³-hybridized carbons (Fsp3) is 0.464. The summed E-state index contributed by atoms with van der Waals surface area (Å²) in [6.45, 7) is 5.60. The van der Waals surface area contributed by atoms with Crippen molar-refractivity contribution in [1.82, 2.24) is 20.0 Å². The monoisotopic (exact) mass is 508 g/mol. The molecule has 0 bridgehead atoms. The molecule has 2 amide bonds. The van der Waals surface area contributed by atoms with Gasteiger partial charge in [0.05, 0.1) is 11.6 Å². The quantitative estimate of drug-likeness (QED) is 0.516. The Hall–Kier alpha value is -2.90. The van der Waals surface area contributed by atoms with E-state index in [1.165, 1.54) is 0 Å². The second-order valence-corrected chi connectivity index (χ2v) is 10.4. The van der Waals surface area contributed by atoms with Gasteiger partial charge >= 0.3 is 0 Å². The normalized spacial score (nSPS) is 18.9. The van der Waals surface area contributed by atoms with E-state index in [4.69, 9.17) is 21.4 Å². The number of aromatic nitrogens is 2. The van der Waals surface area contributed by atoms with Crippen LogP contribution in [0, 0.1) is 12.8 Å². The van der Waals surface area contributed by atoms with Crippen molar-refractivity contribution < 1.29 is 14.3 Å². The van der Waals surface area contributed by atoms with Gasteiger partial charge in [-0.1, -0.05) is 11.6 Å². The molecule has 0 unspecified atom stereocenters. The maximum atomic E-state index is 12.8. The molecule has 2 saturated heterocycles. The summed E-state index contributed by atoms with van der Waals surface area (Å²) in [5, 5.41) is 9.45. The van der Waals surface area contributed by atoms with Gasteiger partial charge in [0, 0.05) is 60.5 Å². The largest absolute Gasteiger partial charge is 0.376 e. The smallest absolute Gasteiger partial charge is 0.253 e. The first kappa shape index (κ1) is 24.8. The number of piperidine rings is 1. The first-order valence-corrected chi connectivity index (χ1v) is 13.3. The van der Waals surface area contributed by atoms with Crippen molar-refractivity contribution in [2.75, 3.05) is 26.2 Å². The Morgan fingerprint density at radius 1 is 1.08 bits per heavy atom. The number of aryl methyl sites for hydroxylation is 1. The molecule has 1 N–H and O–H groups in total. The standard InChI is InChI=1S/C28H33ClN4O3/c1-19-24(27(34)30-16-23-4-2-3-15-36-23)9-10-26-25(19)18-33(31-26)17-20-11-13-32(14-12-20)28(35)21-5-7-22(29)8-6-21/h5-10,18,20,23H,2-4,11-17H2,1H3,(H,30,34)/t23-/m1/s1. The average Bonchev–Trinajstić information content (AvgIpc) is 3.32. The number of hydrogen-bond acceptors (Lipinski definition) is 4. The summed E-state index contributed by atoms with van der Waals surface area (Å²) in [7, 11) is 0. The number of rotatable bonds is 6. The van der Waals surface area contributed by atoms with Gasteiger partial charge < -0.3 is 15.0 Å². The van der Waals surface area contributed by atoms with Crippen LogP contribution in [0.15, 0.2) is 42.6 Å². The zero-order valence-corrected chi connectivity index (χ0v) is 21.5. The fourth-order valence-electron chi connectivity index (χ4n) is 5.25. The highest BCUT2D eigenvalue weighted by atomic mass is 35.5. The molecular formula is C28H33ClN4O3. The second kappa shape index (κ2) is 11.0. The van der Waals surface area contributed by atoms with E-state index < -0.39 is 0 Å². The maximum absolute atomic E-state index is 12.8. The summed E-state index contributed by atoms with van der Waals surface area (Å²) in [4.78, 5) is 27.6. The molecule has 3 heterocycles. The van der Waals surface area contributed by atoms with Crippen LogP contribution >= 0.6 is 11.6 Å². The lowest BCUT2D eigenvalue weighted by Gasteiger charge is -2.32. The number of hydrogen-bond donors (Lipinski definition) is 1. The van der Waals surface area contributed by atoms with Gasteiger partial charge in [0.2, 0.25) is 0 Å². The van der Waals surface area contributed by atoms with E-state index in [1.54, 1.807) is 24.3 Å². The van der Waals surface area contributed by atoms with E-state index in [1.807, 2.05) is 28.6 Å². The lowest BCUT2D eigenvalue weighted by atomic mass is 9.96. The Bertz CT molecular complexity index is 1230. The van der Waals surface area contributed by atoms with Crippen molar-refractivity contribution in [3.8, 4) is 0 Å². The van der Waals surface area contributed by atoms with E-state index in [-0.39, 0.29) is 17.9 Å². The summed E-state index contributed by atoms with van der Waals surface area (Å²) in [6.07, 6.45) is 7.29. The molecule has 2 fully saturated rings. The Morgan fingerprint density at radius 2 is 1.86 bits per heavy atom. The molecule has 36 heavy (non-hydrogen) atoms. The summed E-state index contributed by atoms with van der Waals surface area (Å²) < 4.78 is 7.73. The van der Waals surface area contributed by atoms with Crippen LogP contribution < -0.4 is 5.32 Å². The molecule has 5 rings (SSSR count). The summed E-state index contributed by atoms with van der Waals surface area (Å²) in [6, 6.07) is 10.9. The Kier molecular flexibility index (Phi) is 7.58. The molecule has 8 heteroatoms. The molecular weight excluding hydrogens is 476 g/mol. The van der Waals surface area contributed by atoms with Gasteiger partial charge in [0.1, 0.15) is 0 Å². The molecule has 3 aromatic rings. The third-order valence-electron chi connectivity index (χ3n) is 7.45. The predicted molar refractivity (Wildman–Crippen MR) is 140 cm³/mol. The van der Waals surface area contributed by atoms with E-state index in [9.17, 15) is 9.59 Å². The van der Waals surface area contributed by atoms with Crippen LogP contribution in [0.25, 0.3) is 10.9 Å². The minimum atomic E-state index is -0.0611. The number of ether oxygens (including phenoxy) is 1. The van der Waals surface area contributed by atoms with Crippen LogP contribution in [-0.2, 0) is 11.3 Å². The maximum Gasteiger partial charge on any atom is 0.253 e. The predicted octanol–water partition coefficient (Wildman–Crippen LogP) is 4.85. The summed E-state index contributed by atoms with van der Waals surface area (Å²) in [5.74, 6) is 0.452. The number of halogens is 1. The summed E-state index contributed by atoms with van der Waals surface area (Å²) >= 11 is 5.95. The lowest BCUT2D eigenvalue weighted by Crippen LogP contribution is -2.39. The highest BCUT2D eigenvalue weighted by molar-refractivity contribution is 6.30. The van der Waals surface area contributed by atoms with E-state index in [2.05, 4.69) is 11.5 Å². The number of carbonyl (C=O) groups is 2. The summed E-state index contributed by atoms with van der Waals surface area (Å²) in [5.41, 5.74) is 3.21. The van der Waals surface area contributed by atoms with Crippen molar-refractivity contribution in [2.24, 2.45) is 5.92 Å². The number of nitrogens with one attached hydrogen (secondary N) is 1. The van der Waals surface area contributed by atoms with Crippen molar-refractivity contribution in [2.45, 2.75) is 51.7 Å². The number of likely N-dealkylation sites (tertiary alicyclic amines) is 1.